The van der Waals surface area contributed by atoms with Crippen LogP contribution < -0.4 is 9.44 Å². The summed E-state index contributed by atoms with van der Waals surface area (Å²) in [4.78, 5) is 0. The number of rotatable bonds is 8. The number of hydrogen-bond donors (Lipinski definition) is 2. The molecular formula is C12H19ClN2O2S. The predicted molar refractivity (Wildman–Crippen MR) is 75.0 cm³/mol. The molecule has 0 fully saturated rings. The molecule has 2 N–H and O–H groups in total. The quantitative estimate of drug-likeness (QED) is 0.721. The van der Waals surface area contributed by atoms with Crippen LogP contribution in [-0.4, -0.2) is 21.5 Å². The molecule has 0 unspecified atom stereocenters. The minimum absolute atomic E-state index is 0.398. The summed E-state index contributed by atoms with van der Waals surface area (Å²) in [6.07, 6.45) is 2.55. The van der Waals surface area contributed by atoms with Gasteiger partial charge in [0.2, 0.25) is 0 Å². The Morgan fingerprint density at radius 2 is 1.89 bits per heavy atom. The van der Waals surface area contributed by atoms with Crippen molar-refractivity contribution >= 4 is 21.8 Å². The van der Waals surface area contributed by atoms with E-state index < -0.39 is 10.2 Å². The first-order chi connectivity index (χ1) is 8.55. The van der Waals surface area contributed by atoms with Crippen molar-refractivity contribution in [3.8, 4) is 0 Å². The van der Waals surface area contributed by atoms with Gasteiger partial charge in [0.15, 0.2) is 0 Å². The summed E-state index contributed by atoms with van der Waals surface area (Å²) < 4.78 is 27.4. The molecule has 4 nitrogen and oxygen atoms in total. The lowest BCUT2D eigenvalue weighted by Gasteiger charge is -2.07. The fraction of sp³-hybridized carbons (Fsp3) is 0.500. The maximum absolute atomic E-state index is 11.3. The third-order valence-electron chi connectivity index (χ3n) is 2.46. The van der Waals surface area contributed by atoms with Crippen LogP contribution in [0, 0.1) is 0 Å². The summed E-state index contributed by atoms with van der Waals surface area (Å²) in [6.45, 7) is 2.59. The molecule has 0 saturated carbocycles. The molecule has 0 aliphatic heterocycles. The normalized spacial score (nSPS) is 11.7. The van der Waals surface area contributed by atoms with E-state index >= 15 is 0 Å². The highest BCUT2D eigenvalue weighted by atomic mass is 35.5. The van der Waals surface area contributed by atoms with Gasteiger partial charge in [-0.05, 0) is 30.9 Å². The molecule has 0 bridgehead atoms. The Balaban J connectivity index is 2.22. The second-order valence-electron chi connectivity index (χ2n) is 3.94. The Labute approximate surface area is 114 Å². The first-order valence-electron chi connectivity index (χ1n) is 6.03. The second-order valence-corrected chi connectivity index (χ2v) is 5.94. The van der Waals surface area contributed by atoms with Gasteiger partial charge in [-0.25, -0.2) is 9.44 Å². The third kappa shape index (κ3) is 5.82. The fourth-order valence-electron chi connectivity index (χ4n) is 1.59. The first-order valence-corrected chi connectivity index (χ1v) is 7.89. The number of unbranched alkanes of at least 4 members (excludes halogenated alkanes) is 1. The average Bonchev–Trinajstić information content (AvgIpc) is 2.31. The number of hydrogen-bond acceptors (Lipinski definition) is 2. The zero-order valence-corrected chi connectivity index (χ0v) is 12.0. The molecular weight excluding hydrogens is 272 g/mol. The highest BCUT2D eigenvalue weighted by Crippen LogP contribution is 2.16. The fourth-order valence-corrected chi connectivity index (χ4v) is 2.71. The summed E-state index contributed by atoms with van der Waals surface area (Å²) in [5, 5.41) is 0.769. The Kier molecular flexibility index (Phi) is 6.63. The zero-order chi connectivity index (χ0) is 13.4. The van der Waals surface area contributed by atoms with Crippen molar-refractivity contribution in [2.45, 2.75) is 26.2 Å². The largest absolute Gasteiger partial charge is 0.276 e. The Morgan fingerprint density at radius 1 is 1.17 bits per heavy atom. The molecule has 0 saturated heterocycles. The molecule has 1 rings (SSSR count). The molecule has 0 aromatic heterocycles. The lowest BCUT2D eigenvalue weighted by Crippen LogP contribution is -2.36. The monoisotopic (exact) mass is 290 g/mol. The Morgan fingerprint density at radius 3 is 2.56 bits per heavy atom. The van der Waals surface area contributed by atoms with Crippen molar-refractivity contribution in [3.05, 3.63) is 34.9 Å². The van der Waals surface area contributed by atoms with Crippen LogP contribution in [0.2, 0.25) is 5.02 Å². The first kappa shape index (κ1) is 15.4. The molecule has 102 valence electrons. The number of halogens is 1. The van der Waals surface area contributed by atoms with E-state index in [0.29, 0.717) is 13.1 Å². The van der Waals surface area contributed by atoms with E-state index in [1.54, 1.807) is 6.92 Å². The molecule has 6 heteroatoms. The summed E-state index contributed by atoms with van der Waals surface area (Å²) in [5.74, 6) is 0. The Hall–Kier alpha value is -0.620. The van der Waals surface area contributed by atoms with Crippen LogP contribution in [0.5, 0.6) is 0 Å². The van der Waals surface area contributed by atoms with Crippen molar-refractivity contribution in [2.24, 2.45) is 0 Å². The zero-order valence-electron chi connectivity index (χ0n) is 10.4. The van der Waals surface area contributed by atoms with Crippen molar-refractivity contribution in [1.82, 2.24) is 9.44 Å². The maximum Gasteiger partial charge on any atom is 0.276 e. The Bertz CT molecular complexity index is 463. The van der Waals surface area contributed by atoms with Gasteiger partial charge >= 0.3 is 0 Å². The van der Waals surface area contributed by atoms with Crippen LogP contribution in [0.3, 0.4) is 0 Å². The van der Waals surface area contributed by atoms with Crippen LogP contribution in [0.1, 0.15) is 25.3 Å². The second kappa shape index (κ2) is 7.74. The summed E-state index contributed by atoms with van der Waals surface area (Å²) in [7, 11) is -3.31. The lowest BCUT2D eigenvalue weighted by molar-refractivity contribution is 0.564. The standard InChI is InChI=1S/C12H19ClN2O2S/c1-2-14-18(16,17)15-10-6-5-8-11-7-3-4-9-12(11)13/h3-4,7,9,14-15H,2,5-6,8,10H2,1H3. The SMILES string of the molecule is CCNS(=O)(=O)NCCCCc1ccccc1Cl. The molecule has 1 aromatic carbocycles. The minimum Gasteiger partial charge on any atom is -0.203 e. The molecule has 18 heavy (non-hydrogen) atoms. The predicted octanol–water partition coefficient (Wildman–Crippen LogP) is 2.11. The summed E-state index contributed by atoms with van der Waals surface area (Å²) >= 11 is 6.03. The van der Waals surface area contributed by atoms with Gasteiger partial charge in [-0.2, -0.15) is 8.42 Å². The third-order valence-corrected chi connectivity index (χ3v) is 4.08. The molecule has 0 aliphatic carbocycles. The van der Waals surface area contributed by atoms with Gasteiger partial charge in [-0.3, -0.25) is 0 Å². The van der Waals surface area contributed by atoms with Gasteiger partial charge in [-0.1, -0.05) is 36.7 Å². The van der Waals surface area contributed by atoms with Crippen molar-refractivity contribution < 1.29 is 8.42 Å². The van der Waals surface area contributed by atoms with Gasteiger partial charge in [0.05, 0.1) is 0 Å². The molecule has 0 radical (unpaired) electrons. The number of aryl methyl sites for hydroxylation is 1. The number of benzene rings is 1. The summed E-state index contributed by atoms with van der Waals surface area (Å²) in [5.41, 5.74) is 1.11. The van der Waals surface area contributed by atoms with Crippen LogP contribution in [0.25, 0.3) is 0 Å². The van der Waals surface area contributed by atoms with Crippen LogP contribution in [-0.2, 0) is 16.6 Å². The summed E-state index contributed by atoms with van der Waals surface area (Å²) in [6, 6.07) is 7.71. The highest BCUT2D eigenvalue weighted by Gasteiger charge is 2.05. The van der Waals surface area contributed by atoms with Crippen molar-refractivity contribution in [2.75, 3.05) is 13.1 Å². The van der Waals surface area contributed by atoms with Crippen LogP contribution in [0.15, 0.2) is 24.3 Å². The average molecular weight is 291 g/mol. The minimum atomic E-state index is -3.31. The van der Waals surface area contributed by atoms with E-state index in [9.17, 15) is 8.42 Å². The van der Waals surface area contributed by atoms with E-state index in [2.05, 4.69) is 9.44 Å². The number of nitrogens with one attached hydrogen (secondary N) is 2. The van der Waals surface area contributed by atoms with Gasteiger partial charge in [0.25, 0.3) is 10.2 Å². The molecule has 0 atom stereocenters. The smallest absolute Gasteiger partial charge is 0.203 e. The van der Waals surface area contributed by atoms with Crippen LogP contribution in [0.4, 0.5) is 0 Å². The van der Waals surface area contributed by atoms with E-state index in [1.165, 1.54) is 0 Å². The maximum atomic E-state index is 11.3. The molecule has 0 spiro atoms. The highest BCUT2D eigenvalue weighted by molar-refractivity contribution is 7.87. The van der Waals surface area contributed by atoms with E-state index in [1.807, 2.05) is 24.3 Å². The molecule has 0 amide bonds. The van der Waals surface area contributed by atoms with E-state index in [4.69, 9.17) is 11.6 Å². The van der Waals surface area contributed by atoms with Gasteiger partial charge < -0.3 is 0 Å². The van der Waals surface area contributed by atoms with Gasteiger partial charge in [0.1, 0.15) is 0 Å². The van der Waals surface area contributed by atoms with Crippen molar-refractivity contribution in [3.63, 3.8) is 0 Å². The topological polar surface area (TPSA) is 58.2 Å². The lowest BCUT2D eigenvalue weighted by atomic mass is 10.1. The van der Waals surface area contributed by atoms with Gasteiger partial charge in [0, 0.05) is 18.1 Å². The van der Waals surface area contributed by atoms with Gasteiger partial charge in [-0.15, -0.1) is 0 Å². The van der Waals surface area contributed by atoms with E-state index in [-0.39, 0.29) is 0 Å². The molecule has 0 aliphatic rings. The molecule has 0 heterocycles. The molecule has 1 aromatic rings. The van der Waals surface area contributed by atoms with E-state index in [0.717, 1.165) is 29.8 Å². The van der Waals surface area contributed by atoms with Crippen LogP contribution >= 0.6 is 11.6 Å². The van der Waals surface area contributed by atoms with Crippen molar-refractivity contribution in [1.29, 1.82) is 0 Å².